The fourth-order valence-electron chi connectivity index (χ4n) is 4.09. The first kappa shape index (κ1) is 21.6. The smallest absolute Gasteiger partial charge is 0.208 e. The van der Waals surface area contributed by atoms with E-state index >= 15 is 0 Å². The maximum absolute atomic E-state index is 14.6. The van der Waals surface area contributed by atoms with Crippen molar-refractivity contribution in [1.82, 2.24) is 19.7 Å². The van der Waals surface area contributed by atoms with E-state index < -0.39 is 0 Å². The van der Waals surface area contributed by atoms with Gasteiger partial charge in [0, 0.05) is 46.0 Å². The molecule has 9 heteroatoms. The van der Waals surface area contributed by atoms with Gasteiger partial charge in [0.15, 0.2) is 11.3 Å². The van der Waals surface area contributed by atoms with Crippen LogP contribution in [0.4, 0.5) is 10.3 Å². The van der Waals surface area contributed by atoms with Crippen LogP contribution in [0.2, 0.25) is 0 Å². The second-order valence-corrected chi connectivity index (χ2v) is 8.88. The lowest BCUT2D eigenvalue weighted by Crippen LogP contribution is -2.09. The molecule has 3 heterocycles. The number of rotatable bonds is 6. The Morgan fingerprint density at radius 1 is 1.27 bits per heavy atom. The molecule has 0 bridgehead atoms. The summed E-state index contributed by atoms with van der Waals surface area (Å²) in [5, 5.41) is 15.8. The molecule has 0 unspecified atom stereocenters. The zero-order valence-electron chi connectivity index (χ0n) is 17.8. The van der Waals surface area contributed by atoms with Crippen LogP contribution < -0.4 is 15.4 Å². The van der Waals surface area contributed by atoms with Gasteiger partial charge in [0.25, 0.3) is 0 Å². The number of imidazole rings is 1. The summed E-state index contributed by atoms with van der Waals surface area (Å²) >= 11 is 2.33. The van der Waals surface area contributed by atoms with E-state index in [1.54, 1.807) is 29.9 Å². The molecule has 166 valence electrons. The number of nitriles is 1. The second-order valence-electron chi connectivity index (χ2n) is 7.72. The third kappa shape index (κ3) is 4.00. The molecule has 5 rings (SSSR count). The van der Waals surface area contributed by atoms with E-state index in [0.29, 0.717) is 48.0 Å². The summed E-state index contributed by atoms with van der Waals surface area (Å²) < 4.78 is 23.2. The highest BCUT2D eigenvalue weighted by atomic mass is 127. The van der Waals surface area contributed by atoms with Crippen molar-refractivity contribution in [2.75, 3.05) is 19.0 Å². The van der Waals surface area contributed by atoms with Gasteiger partial charge < -0.3 is 15.4 Å². The van der Waals surface area contributed by atoms with Crippen LogP contribution in [0.5, 0.6) is 5.75 Å². The summed E-state index contributed by atoms with van der Waals surface area (Å²) in [6.07, 6.45) is 4.19. The van der Waals surface area contributed by atoms with E-state index in [4.69, 9.17) is 4.74 Å². The van der Waals surface area contributed by atoms with Crippen LogP contribution in [-0.4, -0.2) is 28.0 Å². The summed E-state index contributed by atoms with van der Waals surface area (Å²) in [4.78, 5) is 9.04. The number of aromatic nitrogens is 3. The molecular weight excluding hydrogens is 534 g/mol. The van der Waals surface area contributed by atoms with Crippen LogP contribution in [0.25, 0.3) is 16.8 Å². The van der Waals surface area contributed by atoms with E-state index in [-0.39, 0.29) is 11.5 Å². The molecule has 2 N–H and O–H groups in total. The number of hydrogen-bond donors (Lipinski definition) is 2. The fourth-order valence-corrected chi connectivity index (χ4v) is 4.78. The molecular formula is C24H20FIN6O. The molecule has 7 nitrogen and oxygen atoms in total. The molecule has 1 aliphatic heterocycles. The fraction of sp³-hybridized carbons (Fsp3) is 0.208. The molecule has 0 radical (unpaired) electrons. The van der Waals surface area contributed by atoms with Crippen molar-refractivity contribution in [2.45, 2.75) is 19.5 Å². The van der Waals surface area contributed by atoms with Crippen molar-refractivity contribution in [3.63, 3.8) is 0 Å². The van der Waals surface area contributed by atoms with Crippen LogP contribution in [0.3, 0.4) is 0 Å². The number of fused-ring (bicyclic) bond motifs is 2. The number of nitrogens with one attached hydrogen (secondary N) is 2. The molecule has 0 saturated heterocycles. The van der Waals surface area contributed by atoms with Crippen molar-refractivity contribution >= 4 is 34.2 Å². The lowest BCUT2D eigenvalue weighted by Gasteiger charge is -2.14. The van der Waals surface area contributed by atoms with Crippen LogP contribution in [0, 0.1) is 20.7 Å². The molecule has 0 atom stereocenters. The Hall–Kier alpha value is -3.23. The quantitative estimate of drug-likeness (QED) is 0.346. The first-order valence-electron chi connectivity index (χ1n) is 10.5. The molecule has 33 heavy (non-hydrogen) atoms. The van der Waals surface area contributed by atoms with Gasteiger partial charge in [-0.05, 0) is 59.0 Å². The molecule has 0 fully saturated rings. The lowest BCUT2D eigenvalue weighted by atomic mass is 10.1. The van der Waals surface area contributed by atoms with E-state index in [0.717, 1.165) is 15.7 Å². The van der Waals surface area contributed by atoms with Gasteiger partial charge >= 0.3 is 0 Å². The van der Waals surface area contributed by atoms with Gasteiger partial charge in [-0.2, -0.15) is 5.26 Å². The third-order valence-electron chi connectivity index (χ3n) is 5.70. The molecule has 2 aromatic heterocycles. The first-order valence-corrected chi connectivity index (χ1v) is 11.6. The highest BCUT2D eigenvalue weighted by Crippen LogP contribution is 2.32. The molecule has 0 spiro atoms. The van der Waals surface area contributed by atoms with Crippen LogP contribution in [0.15, 0.2) is 42.7 Å². The minimum Gasteiger partial charge on any atom is -0.493 e. The standard InChI is InChI=1S/C24H20FIN6O/c1-28-10-15-3-2-14(8-20(15)25)18-11-29-24(32-13-16(9-27)31-23(18)32)30-12-19-17-6-7-33-22(17)5-4-21(19)26/h2-5,8,11,13,28H,6-7,10,12H2,1H3,(H,29,30). The Labute approximate surface area is 203 Å². The zero-order valence-corrected chi connectivity index (χ0v) is 20.0. The van der Waals surface area contributed by atoms with Gasteiger partial charge in [0.05, 0.1) is 12.8 Å². The van der Waals surface area contributed by atoms with Gasteiger partial charge in [-0.3, -0.25) is 4.40 Å². The molecule has 0 saturated carbocycles. The van der Waals surface area contributed by atoms with E-state index in [9.17, 15) is 9.65 Å². The molecule has 4 aromatic rings. The highest BCUT2D eigenvalue weighted by Gasteiger charge is 2.19. The largest absolute Gasteiger partial charge is 0.493 e. The van der Waals surface area contributed by atoms with Gasteiger partial charge in [0.1, 0.15) is 17.6 Å². The van der Waals surface area contributed by atoms with E-state index in [1.165, 1.54) is 17.2 Å². The van der Waals surface area contributed by atoms with Gasteiger partial charge in [-0.25, -0.2) is 14.4 Å². The van der Waals surface area contributed by atoms with Crippen molar-refractivity contribution in [2.24, 2.45) is 0 Å². The predicted molar refractivity (Wildman–Crippen MR) is 132 cm³/mol. The maximum Gasteiger partial charge on any atom is 0.208 e. The predicted octanol–water partition coefficient (Wildman–Crippen LogP) is 4.28. The van der Waals surface area contributed by atoms with E-state index in [2.05, 4.69) is 49.3 Å². The highest BCUT2D eigenvalue weighted by molar-refractivity contribution is 14.1. The van der Waals surface area contributed by atoms with Gasteiger partial charge in [0.2, 0.25) is 5.95 Å². The third-order valence-corrected chi connectivity index (χ3v) is 6.71. The molecule has 0 amide bonds. The van der Waals surface area contributed by atoms with Crippen molar-refractivity contribution in [1.29, 1.82) is 5.26 Å². The number of ether oxygens (including phenoxy) is 1. The lowest BCUT2D eigenvalue weighted by molar-refractivity contribution is 0.357. The van der Waals surface area contributed by atoms with Crippen LogP contribution in [0.1, 0.15) is 22.4 Å². The number of nitrogens with zero attached hydrogens (tertiary/aromatic N) is 4. The van der Waals surface area contributed by atoms with Crippen molar-refractivity contribution < 1.29 is 9.13 Å². The second kappa shape index (κ2) is 8.96. The number of benzene rings is 2. The Morgan fingerprint density at radius 2 is 2.15 bits per heavy atom. The number of halogens is 2. The van der Waals surface area contributed by atoms with Crippen molar-refractivity contribution in [3.05, 3.63) is 74.5 Å². The summed E-state index contributed by atoms with van der Waals surface area (Å²) in [5.41, 5.74) is 5.08. The minimum absolute atomic E-state index is 0.267. The molecule has 2 aromatic carbocycles. The average molecular weight is 554 g/mol. The van der Waals surface area contributed by atoms with Gasteiger partial charge in [-0.15, -0.1) is 0 Å². The van der Waals surface area contributed by atoms with Gasteiger partial charge in [-0.1, -0.05) is 12.1 Å². The topological polar surface area (TPSA) is 87.3 Å². The van der Waals surface area contributed by atoms with Crippen LogP contribution >= 0.6 is 22.6 Å². The Bertz CT molecular complexity index is 1410. The SMILES string of the molecule is CNCc1ccc(-c2cnc(NCc3c(I)ccc4c3CCO4)n3cc(C#N)nc23)cc1F. The summed E-state index contributed by atoms with van der Waals surface area (Å²) in [7, 11) is 1.78. The Balaban J connectivity index is 1.52. The molecule has 1 aliphatic rings. The molecule has 0 aliphatic carbocycles. The summed E-state index contributed by atoms with van der Waals surface area (Å²) in [6, 6.07) is 11.2. The Kier molecular flexibility index (Phi) is 5.86. The van der Waals surface area contributed by atoms with Crippen LogP contribution in [-0.2, 0) is 19.5 Å². The van der Waals surface area contributed by atoms with E-state index in [1.807, 2.05) is 18.2 Å². The Morgan fingerprint density at radius 3 is 2.94 bits per heavy atom. The maximum atomic E-state index is 14.6. The average Bonchev–Trinajstić information content (AvgIpc) is 3.47. The monoisotopic (exact) mass is 554 g/mol. The number of anilines is 1. The first-order chi connectivity index (χ1) is 16.1. The number of hydrogen-bond acceptors (Lipinski definition) is 6. The van der Waals surface area contributed by atoms with Crippen molar-refractivity contribution in [3.8, 4) is 22.9 Å². The summed E-state index contributed by atoms with van der Waals surface area (Å²) in [5.74, 6) is 1.19. The summed E-state index contributed by atoms with van der Waals surface area (Å²) in [6.45, 7) is 1.69. The minimum atomic E-state index is -0.302. The zero-order chi connectivity index (χ0) is 22.9. The normalized spacial score (nSPS) is 12.4.